The van der Waals surface area contributed by atoms with E-state index in [1.807, 2.05) is 6.07 Å². The molecule has 3 aromatic rings. The molecule has 0 bridgehead atoms. The van der Waals surface area contributed by atoms with Crippen molar-refractivity contribution in [3.63, 3.8) is 0 Å². The summed E-state index contributed by atoms with van der Waals surface area (Å²) < 4.78 is 6.10. The monoisotopic (exact) mass is 254 g/mol. The average Bonchev–Trinajstić information content (AvgIpc) is 2.85. The lowest BCUT2D eigenvalue weighted by Crippen LogP contribution is -2.51. The zero-order valence-electron chi connectivity index (χ0n) is 10.8. The summed E-state index contributed by atoms with van der Waals surface area (Å²) in [5, 5.41) is 0. The summed E-state index contributed by atoms with van der Waals surface area (Å²) in [6, 6.07) is 23.4. The molecule has 0 atom stereocenters. The molecule has 0 fully saturated rings. The van der Waals surface area contributed by atoms with E-state index in [0.717, 1.165) is 11.5 Å². The third-order valence-corrected chi connectivity index (χ3v) is 4.37. The second-order valence-electron chi connectivity index (χ2n) is 5.38. The van der Waals surface area contributed by atoms with Crippen molar-refractivity contribution in [2.45, 2.75) is 0 Å². The van der Waals surface area contributed by atoms with Crippen LogP contribution in [0.15, 0.2) is 66.7 Å². The predicted molar refractivity (Wildman–Crippen MR) is 83.1 cm³/mol. The van der Waals surface area contributed by atoms with Gasteiger partial charge in [0.15, 0.2) is 0 Å². The Morgan fingerprint density at radius 1 is 0.600 bits per heavy atom. The second-order valence-corrected chi connectivity index (χ2v) is 5.38. The molecular weight excluding hydrogens is 243 g/mol. The van der Waals surface area contributed by atoms with Gasteiger partial charge >= 0.3 is 0 Å². The minimum atomic E-state index is 0.322. The van der Waals surface area contributed by atoms with Crippen LogP contribution >= 0.6 is 0 Å². The highest BCUT2D eigenvalue weighted by molar-refractivity contribution is 7.00. The fourth-order valence-electron chi connectivity index (χ4n) is 3.57. The molecule has 0 amide bonds. The highest BCUT2D eigenvalue weighted by atomic mass is 16.5. The summed E-state index contributed by atoms with van der Waals surface area (Å²) in [7, 11) is 0. The van der Waals surface area contributed by atoms with E-state index in [4.69, 9.17) is 4.74 Å². The standard InChI is InChI=1S/C18H11BO/c1-2-8-14-12(6-1)13-7-5-11-17-18(13)19(14)15-9-3-4-10-16(15)20-17/h1-11H. The molecule has 20 heavy (non-hydrogen) atoms. The number of rotatable bonds is 0. The van der Waals surface area contributed by atoms with E-state index in [1.54, 1.807) is 0 Å². The number of para-hydroxylation sites is 1. The summed E-state index contributed by atoms with van der Waals surface area (Å²) in [6.07, 6.45) is 0. The Hall–Kier alpha value is -2.48. The van der Waals surface area contributed by atoms with Gasteiger partial charge in [0, 0.05) is 0 Å². The largest absolute Gasteiger partial charge is 0.458 e. The van der Waals surface area contributed by atoms with Crippen molar-refractivity contribution in [1.82, 2.24) is 0 Å². The minimum absolute atomic E-state index is 0.322. The maximum Gasteiger partial charge on any atom is 0.252 e. The van der Waals surface area contributed by atoms with Crippen LogP contribution in [-0.4, -0.2) is 6.71 Å². The van der Waals surface area contributed by atoms with E-state index in [1.165, 1.54) is 27.5 Å². The molecule has 0 saturated heterocycles. The van der Waals surface area contributed by atoms with Crippen LogP contribution in [0.4, 0.5) is 0 Å². The molecule has 0 aromatic heterocycles. The fraction of sp³-hybridized carbons (Fsp3) is 0. The number of benzene rings is 3. The van der Waals surface area contributed by atoms with Crippen LogP contribution in [0.3, 0.4) is 0 Å². The van der Waals surface area contributed by atoms with E-state index in [0.29, 0.717) is 6.71 Å². The van der Waals surface area contributed by atoms with Gasteiger partial charge in [-0.25, -0.2) is 0 Å². The molecule has 2 aliphatic heterocycles. The first-order chi connectivity index (χ1) is 9.93. The molecule has 0 saturated carbocycles. The van der Waals surface area contributed by atoms with Crippen LogP contribution in [0.5, 0.6) is 11.5 Å². The van der Waals surface area contributed by atoms with Gasteiger partial charge in [0.25, 0.3) is 6.71 Å². The SMILES string of the molecule is c1ccc2c(c1)Oc1cccc3c1B2c1ccccc1-3. The second kappa shape index (κ2) is 3.54. The molecule has 0 unspecified atom stereocenters. The lowest BCUT2D eigenvalue weighted by atomic mass is 9.38. The van der Waals surface area contributed by atoms with Gasteiger partial charge < -0.3 is 4.74 Å². The summed E-state index contributed by atoms with van der Waals surface area (Å²) in [5.41, 5.74) is 6.66. The van der Waals surface area contributed by atoms with Crippen molar-refractivity contribution >= 4 is 23.1 Å². The molecule has 3 aromatic carbocycles. The van der Waals surface area contributed by atoms with E-state index in [9.17, 15) is 0 Å². The number of hydrogen-bond acceptors (Lipinski definition) is 1. The Bertz CT molecular complexity index is 854. The molecule has 2 aliphatic rings. The summed E-state index contributed by atoms with van der Waals surface area (Å²) in [4.78, 5) is 0. The van der Waals surface area contributed by atoms with Gasteiger partial charge in [-0.3, -0.25) is 0 Å². The van der Waals surface area contributed by atoms with Crippen LogP contribution in [0.2, 0.25) is 0 Å². The van der Waals surface area contributed by atoms with Crippen molar-refractivity contribution in [2.24, 2.45) is 0 Å². The van der Waals surface area contributed by atoms with Gasteiger partial charge in [-0.05, 0) is 34.2 Å². The van der Waals surface area contributed by atoms with Crippen molar-refractivity contribution in [3.8, 4) is 22.6 Å². The third-order valence-electron chi connectivity index (χ3n) is 4.37. The van der Waals surface area contributed by atoms with E-state index >= 15 is 0 Å². The molecule has 1 nitrogen and oxygen atoms in total. The van der Waals surface area contributed by atoms with E-state index in [2.05, 4.69) is 60.7 Å². The van der Waals surface area contributed by atoms with E-state index < -0.39 is 0 Å². The lowest BCUT2D eigenvalue weighted by Gasteiger charge is -2.23. The Labute approximate surface area is 117 Å². The van der Waals surface area contributed by atoms with Crippen LogP contribution in [0, 0.1) is 0 Å². The number of hydrogen-bond donors (Lipinski definition) is 0. The summed E-state index contributed by atoms with van der Waals surface area (Å²) in [5.74, 6) is 1.99. The Kier molecular flexibility index (Phi) is 1.83. The van der Waals surface area contributed by atoms with Crippen molar-refractivity contribution in [3.05, 3.63) is 66.7 Å². The van der Waals surface area contributed by atoms with Crippen LogP contribution < -0.4 is 21.1 Å². The van der Waals surface area contributed by atoms with Gasteiger partial charge in [0.05, 0.1) is 0 Å². The third kappa shape index (κ3) is 1.14. The molecule has 5 rings (SSSR count). The molecule has 0 aliphatic carbocycles. The molecule has 92 valence electrons. The average molecular weight is 254 g/mol. The molecule has 2 heteroatoms. The Morgan fingerprint density at radius 2 is 1.30 bits per heavy atom. The summed E-state index contributed by atoms with van der Waals surface area (Å²) in [6.45, 7) is 0.322. The lowest BCUT2D eigenvalue weighted by molar-refractivity contribution is 0.488. The summed E-state index contributed by atoms with van der Waals surface area (Å²) >= 11 is 0. The van der Waals surface area contributed by atoms with Gasteiger partial charge in [-0.2, -0.15) is 0 Å². The first-order valence-corrected chi connectivity index (χ1v) is 6.92. The smallest absolute Gasteiger partial charge is 0.252 e. The molecule has 0 N–H and O–H groups in total. The minimum Gasteiger partial charge on any atom is -0.458 e. The molecular formula is C18H11BO. The zero-order valence-corrected chi connectivity index (χ0v) is 10.8. The maximum absolute atomic E-state index is 6.10. The van der Waals surface area contributed by atoms with Crippen LogP contribution in [0.1, 0.15) is 0 Å². The van der Waals surface area contributed by atoms with Crippen LogP contribution in [0.25, 0.3) is 11.1 Å². The number of ether oxygens (including phenoxy) is 1. The van der Waals surface area contributed by atoms with Crippen molar-refractivity contribution in [2.75, 3.05) is 0 Å². The highest BCUT2D eigenvalue weighted by Crippen LogP contribution is 2.33. The van der Waals surface area contributed by atoms with Gasteiger partial charge in [-0.1, -0.05) is 60.1 Å². The zero-order chi connectivity index (χ0) is 13.1. The first-order valence-electron chi connectivity index (χ1n) is 6.92. The van der Waals surface area contributed by atoms with Gasteiger partial charge in [0.1, 0.15) is 11.5 Å². The number of fused-ring (bicyclic) bond motifs is 5. The van der Waals surface area contributed by atoms with E-state index in [-0.39, 0.29) is 0 Å². The van der Waals surface area contributed by atoms with Crippen molar-refractivity contribution < 1.29 is 4.74 Å². The highest BCUT2D eigenvalue weighted by Gasteiger charge is 2.39. The first kappa shape index (κ1) is 10.3. The topological polar surface area (TPSA) is 9.23 Å². The fourth-order valence-corrected chi connectivity index (χ4v) is 3.57. The predicted octanol–water partition coefficient (Wildman–Crippen LogP) is 2.29. The maximum atomic E-state index is 6.10. The Morgan fingerprint density at radius 3 is 2.25 bits per heavy atom. The van der Waals surface area contributed by atoms with Gasteiger partial charge in [0.2, 0.25) is 0 Å². The van der Waals surface area contributed by atoms with Crippen molar-refractivity contribution in [1.29, 1.82) is 0 Å². The molecule has 0 radical (unpaired) electrons. The Balaban J connectivity index is 1.93. The molecule has 0 spiro atoms. The quantitative estimate of drug-likeness (QED) is 0.385. The van der Waals surface area contributed by atoms with Gasteiger partial charge in [-0.15, -0.1) is 0 Å². The van der Waals surface area contributed by atoms with Crippen LogP contribution in [-0.2, 0) is 0 Å². The molecule has 2 heterocycles. The normalized spacial score (nSPS) is 13.3.